The molecule has 5 heteroatoms. The summed E-state index contributed by atoms with van der Waals surface area (Å²) in [6, 6.07) is 89.8. The molecule has 4 heterocycles. The summed E-state index contributed by atoms with van der Waals surface area (Å²) in [6.07, 6.45) is 0. The van der Waals surface area contributed by atoms with E-state index in [4.69, 9.17) is 9.97 Å². The summed E-state index contributed by atoms with van der Waals surface area (Å²) in [6.45, 7) is 0. The highest BCUT2D eigenvalue weighted by Crippen LogP contribution is 2.44. The number of hydrogen-bond acceptors (Lipinski definition) is 2. The second-order valence-electron chi connectivity index (χ2n) is 18.6. The van der Waals surface area contributed by atoms with Crippen LogP contribution in [0.25, 0.3) is 138 Å². The first-order valence-corrected chi connectivity index (χ1v) is 24.2. The van der Waals surface area contributed by atoms with Crippen LogP contribution in [0.3, 0.4) is 0 Å². The molecule has 0 aliphatic rings. The van der Waals surface area contributed by atoms with E-state index in [2.05, 4.69) is 262 Å². The van der Waals surface area contributed by atoms with Crippen LogP contribution >= 0.6 is 0 Å². The Hall–Kier alpha value is -9.58. The predicted molar refractivity (Wildman–Crippen MR) is 296 cm³/mol. The molecule has 4 aromatic heterocycles. The van der Waals surface area contributed by atoms with E-state index in [1.54, 1.807) is 0 Å². The van der Waals surface area contributed by atoms with Gasteiger partial charge in [-0.1, -0.05) is 170 Å². The van der Waals surface area contributed by atoms with Gasteiger partial charge in [0.15, 0.2) is 0 Å². The maximum Gasteiger partial charge on any atom is 0.235 e. The smallest absolute Gasteiger partial charge is 0.235 e. The zero-order chi connectivity index (χ0) is 46.6. The third-order valence-electron chi connectivity index (χ3n) is 14.6. The van der Waals surface area contributed by atoms with Crippen LogP contribution in [0.2, 0.25) is 0 Å². The van der Waals surface area contributed by atoms with Gasteiger partial charge in [-0.3, -0.25) is 4.57 Å². The Kier molecular flexibility index (Phi) is 8.59. The molecule has 0 spiro atoms. The number of aromatic nitrogens is 5. The Morgan fingerprint density at radius 3 is 1.31 bits per heavy atom. The quantitative estimate of drug-likeness (QED) is 0.167. The Labute approximate surface area is 408 Å². The molecule has 0 atom stereocenters. The monoisotopic (exact) mass is 903 g/mol. The SMILES string of the molecule is c1ccc(-c2cccc(-n3c4ccccc4c4c5c6ccccc6n(-c6ccc7c(c6)c6ccccc6n7-c6nc(-c7ccc8ccccc8c7)cc(-c7ccc8ccccc8c7)n6)c5ccc43)c2)cc1. The van der Waals surface area contributed by atoms with Gasteiger partial charge in [-0.2, -0.15) is 0 Å². The lowest BCUT2D eigenvalue weighted by molar-refractivity contribution is 0.995. The van der Waals surface area contributed by atoms with E-state index in [0.717, 1.165) is 66.7 Å². The van der Waals surface area contributed by atoms with Gasteiger partial charge in [0.05, 0.1) is 44.5 Å². The molecule has 0 radical (unpaired) electrons. The molecular formula is C66H41N5. The largest absolute Gasteiger partial charge is 0.309 e. The summed E-state index contributed by atoms with van der Waals surface area (Å²) in [5.74, 6) is 0.628. The van der Waals surface area contributed by atoms with Crippen molar-refractivity contribution in [3.8, 4) is 51.0 Å². The number of rotatable bonds is 6. The van der Waals surface area contributed by atoms with Gasteiger partial charge in [-0.05, 0) is 112 Å². The molecule has 15 aromatic rings. The third-order valence-corrected chi connectivity index (χ3v) is 14.6. The van der Waals surface area contributed by atoms with Gasteiger partial charge in [0.25, 0.3) is 0 Å². The maximum atomic E-state index is 5.44. The van der Waals surface area contributed by atoms with Crippen LogP contribution < -0.4 is 0 Å². The Morgan fingerprint density at radius 2 is 0.704 bits per heavy atom. The first kappa shape index (κ1) is 39.4. The van der Waals surface area contributed by atoms with E-state index in [1.165, 1.54) is 65.3 Å². The van der Waals surface area contributed by atoms with E-state index in [-0.39, 0.29) is 0 Å². The van der Waals surface area contributed by atoms with Crippen LogP contribution in [0.15, 0.2) is 249 Å². The molecular weight excluding hydrogens is 863 g/mol. The van der Waals surface area contributed by atoms with Crippen molar-refractivity contribution in [3.05, 3.63) is 249 Å². The summed E-state index contributed by atoms with van der Waals surface area (Å²) in [4.78, 5) is 10.9. The standard InChI is InChI=1S/C66H41N5/c1-2-15-42(16-3-1)47-21-14-22-50(39-47)69-59-27-12-9-24-53(59)64-62(69)35-36-63-65(64)54-25-10-13-28-60(54)70(63)51-33-34-61-55(40-51)52-23-8-11-26-58(52)71(61)66-67-56(48-31-29-43-17-4-6-19-45(43)37-48)41-57(68-66)49-32-30-44-18-5-7-20-46(44)38-49/h1-41H. The van der Waals surface area contributed by atoms with Crippen LogP contribution in [0.5, 0.6) is 0 Å². The molecule has 0 unspecified atom stereocenters. The van der Waals surface area contributed by atoms with Crippen molar-refractivity contribution in [1.82, 2.24) is 23.7 Å². The van der Waals surface area contributed by atoms with Gasteiger partial charge in [0.2, 0.25) is 5.95 Å². The maximum absolute atomic E-state index is 5.44. The number of benzene rings is 11. The van der Waals surface area contributed by atoms with E-state index < -0.39 is 0 Å². The number of hydrogen-bond donors (Lipinski definition) is 0. The van der Waals surface area contributed by atoms with Crippen molar-refractivity contribution in [2.24, 2.45) is 0 Å². The van der Waals surface area contributed by atoms with E-state index in [0.29, 0.717) is 5.95 Å². The average molecular weight is 904 g/mol. The van der Waals surface area contributed by atoms with Crippen molar-refractivity contribution in [1.29, 1.82) is 0 Å². The minimum Gasteiger partial charge on any atom is -0.309 e. The minimum atomic E-state index is 0.628. The topological polar surface area (TPSA) is 40.6 Å². The lowest BCUT2D eigenvalue weighted by Gasteiger charge is -2.13. The molecule has 11 aromatic carbocycles. The van der Waals surface area contributed by atoms with Crippen molar-refractivity contribution in [3.63, 3.8) is 0 Å². The highest BCUT2D eigenvalue weighted by molar-refractivity contribution is 6.29. The zero-order valence-electron chi connectivity index (χ0n) is 38.4. The molecule has 15 rings (SSSR count). The summed E-state index contributed by atoms with van der Waals surface area (Å²) in [5, 5.41) is 12.0. The molecule has 0 aliphatic carbocycles. The number of fused-ring (bicyclic) bond motifs is 12. The molecule has 5 nitrogen and oxygen atoms in total. The highest BCUT2D eigenvalue weighted by Gasteiger charge is 2.23. The van der Waals surface area contributed by atoms with Crippen molar-refractivity contribution >= 4 is 87.0 Å². The number of para-hydroxylation sites is 3. The Morgan fingerprint density at radius 1 is 0.239 bits per heavy atom. The average Bonchev–Trinajstić information content (AvgIpc) is 4.08. The summed E-state index contributed by atoms with van der Waals surface area (Å²) >= 11 is 0. The number of nitrogens with zero attached hydrogens (tertiary/aromatic N) is 5. The predicted octanol–water partition coefficient (Wildman–Crippen LogP) is 17.1. The second-order valence-corrected chi connectivity index (χ2v) is 18.6. The first-order chi connectivity index (χ1) is 35.2. The lowest BCUT2D eigenvalue weighted by atomic mass is 10.0. The van der Waals surface area contributed by atoms with Crippen molar-refractivity contribution < 1.29 is 0 Å². The van der Waals surface area contributed by atoms with Crippen molar-refractivity contribution in [2.75, 3.05) is 0 Å². The normalized spacial score (nSPS) is 11.9. The van der Waals surface area contributed by atoms with Crippen LogP contribution in [0.1, 0.15) is 0 Å². The molecule has 330 valence electrons. The third kappa shape index (κ3) is 6.13. The fourth-order valence-corrected chi connectivity index (χ4v) is 11.4. The van der Waals surface area contributed by atoms with Gasteiger partial charge in [0.1, 0.15) is 0 Å². The van der Waals surface area contributed by atoms with Crippen LogP contribution in [0, 0.1) is 0 Å². The molecule has 0 saturated carbocycles. The summed E-state index contributed by atoms with van der Waals surface area (Å²) < 4.78 is 7.14. The van der Waals surface area contributed by atoms with E-state index in [1.807, 2.05) is 0 Å². The molecule has 0 aliphatic heterocycles. The van der Waals surface area contributed by atoms with Crippen LogP contribution in [-0.2, 0) is 0 Å². The fraction of sp³-hybridized carbons (Fsp3) is 0. The van der Waals surface area contributed by atoms with Gasteiger partial charge in [-0.15, -0.1) is 0 Å². The minimum absolute atomic E-state index is 0.628. The van der Waals surface area contributed by atoms with Gasteiger partial charge in [0, 0.05) is 54.8 Å². The molecule has 0 bridgehead atoms. The van der Waals surface area contributed by atoms with Gasteiger partial charge >= 0.3 is 0 Å². The summed E-state index contributed by atoms with van der Waals surface area (Å²) in [5.41, 5.74) is 15.2. The zero-order valence-corrected chi connectivity index (χ0v) is 38.4. The fourth-order valence-electron chi connectivity index (χ4n) is 11.4. The van der Waals surface area contributed by atoms with Crippen LogP contribution in [-0.4, -0.2) is 23.7 Å². The second kappa shape index (κ2) is 15.5. The Balaban J connectivity index is 0.944. The van der Waals surface area contributed by atoms with E-state index >= 15 is 0 Å². The molecule has 0 amide bonds. The molecule has 0 fully saturated rings. The van der Waals surface area contributed by atoms with E-state index in [9.17, 15) is 0 Å². The van der Waals surface area contributed by atoms with Gasteiger partial charge in [-0.25, -0.2) is 9.97 Å². The highest BCUT2D eigenvalue weighted by atomic mass is 15.2. The Bertz CT molecular complexity index is 4550. The van der Waals surface area contributed by atoms with Gasteiger partial charge < -0.3 is 9.13 Å². The molecule has 71 heavy (non-hydrogen) atoms. The first-order valence-electron chi connectivity index (χ1n) is 24.2. The molecule has 0 N–H and O–H groups in total. The van der Waals surface area contributed by atoms with Crippen molar-refractivity contribution in [2.45, 2.75) is 0 Å². The summed E-state index contributed by atoms with van der Waals surface area (Å²) in [7, 11) is 0. The van der Waals surface area contributed by atoms with Crippen LogP contribution in [0.4, 0.5) is 0 Å². The molecule has 0 saturated heterocycles. The lowest BCUT2D eigenvalue weighted by Crippen LogP contribution is -2.04.